The number of rotatable bonds is 6. The van der Waals surface area contributed by atoms with E-state index in [1.165, 1.54) is 11.3 Å². The molecule has 0 amide bonds. The van der Waals surface area contributed by atoms with Crippen molar-refractivity contribution in [2.24, 2.45) is 0 Å². The number of nitrogens with one attached hydrogen (secondary N) is 1. The molecule has 98 valence electrons. The quantitative estimate of drug-likeness (QED) is 0.860. The smallest absolute Gasteiger partial charge is 0.365 e. The maximum absolute atomic E-state index is 11.8. The highest BCUT2D eigenvalue weighted by atomic mass is 32.1. The van der Waals surface area contributed by atoms with E-state index < -0.39 is 12.8 Å². The average molecular weight is 269 g/mol. The number of halogens is 3. The third-order valence-corrected chi connectivity index (χ3v) is 3.04. The molecule has 0 saturated heterocycles. The molecule has 1 aromatic rings. The van der Waals surface area contributed by atoms with Crippen molar-refractivity contribution < 1.29 is 17.9 Å². The normalized spacial score (nSPS) is 13.9. The van der Waals surface area contributed by atoms with Crippen molar-refractivity contribution in [3.05, 3.63) is 10.0 Å². The summed E-state index contributed by atoms with van der Waals surface area (Å²) in [6, 6.07) is 0.0869. The molecule has 0 fully saturated rings. The Morgan fingerprint density at radius 3 is 2.65 bits per heavy atom. The molecule has 17 heavy (non-hydrogen) atoms. The van der Waals surface area contributed by atoms with E-state index in [2.05, 4.69) is 20.3 Å². The average Bonchev–Trinajstić information content (AvgIpc) is 2.67. The molecule has 1 N–H and O–H groups in total. The maximum Gasteiger partial charge on any atom is 0.411 e. The van der Waals surface area contributed by atoms with E-state index >= 15 is 0 Å². The number of ether oxygens (including phenoxy) is 1. The molecule has 0 saturated carbocycles. The van der Waals surface area contributed by atoms with Gasteiger partial charge in [-0.25, -0.2) is 0 Å². The van der Waals surface area contributed by atoms with Crippen LogP contribution in [0, 0.1) is 0 Å². The second-order valence-corrected chi connectivity index (χ2v) is 4.49. The van der Waals surface area contributed by atoms with Crippen LogP contribution in [0.15, 0.2) is 0 Å². The van der Waals surface area contributed by atoms with Crippen molar-refractivity contribution in [1.82, 2.24) is 15.5 Å². The summed E-state index contributed by atoms with van der Waals surface area (Å²) in [6.07, 6.45) is -3.46. The number of hydrogen-bond acceptors (Lipinski definition) is 5. The summed E-state index contributed by atoms with van der Waals surface area (Å²) in [5.41, 5.74) is 0. The van der Waals surface area contributed by atoms with Gasteiger partial charge in [-0.1, -0.05) is 18.3 Å². The van der Waals surface area contributed by atoms with Crippen molar-refractivity contribution in [2.45, 2.75) is 32.2 Å². The first-order chi connectivity index (χ1) is 7.96. The van der Waals surface area contributed by atoms with Crippen molar-refractivity contribution in [3.8, 4) is 0 Å². The van der Waals surface area contributed by atoms with Crippen LogP contribution in [0.5, 0.6) is 0 Å². The molecule has 1 aromatic heterocycles. The molecule has 0 aromatic carbocycles. The molecule has 8 heteroatoms. The highest BCUT2D eigenvalue weighted by Crippen LogP contribution is 2.21. The molecule has 1 unspecified atom stereocenters. The third-order valence-electron chi connectivity index (χ3n) is 2.03. The van der Waals surface area contributed by atoms with Crippen molar-refractivity contribution in [2.75, 3.05) is 13.7 Å². The number of nitrogens with zero attached hydrogens (tertiary/aromatic N) is 2. The van der Waals surface area contributed by atoms with Gasteiger partial charge >= 0.3 is 6.18 Å². The molecular formula is C9H14F3N3OS. The Bertz CT molecular complexity index is 338. The standard InChI is InChI=1S/C9H14F3N3OS/c1-3-6(13-2)8-15-14-7(17-8)4-16-5-9(10,11)12/h6,13H,3-5H2,1-2H3. The fraction of sp³-hybridized carbons (Fsp3) is 0.778. The van der Waals surface area contributed by atoms with E-state index in [4.69, 9.17) is 0 Å². The zero-order valence-corrected chi connectivity index (χ0v) is 10.4. The largest absolute Gasteiger partial charge is 0.411 e. The monoisotopic (exact) mass is 269 g/mol. The van der Waals surface area contributed by atoms with Crippen LogP contribution < -0.4 is 5.32 Å². The Hall–Kier alpha value is -0.730. The molecule has 0 radical (unpaired) electrons. The minimum absolute atomic E-state index is 0.0869. The minimum atomic E-state index is -4.30. The summed E-state index contributed by atoms with van der Waals surface area (Å²) in [7, 11) is 1.80. The number of aromatic nitrogens is 2. The summed E-state index contributed by atoms with van der Waals surface area (Å²) in [6.45, 7) is 0.574. The van der Waals surface area contributed by atoms with Gasteiger partial charge < -0.3 is 10.1 Å². The van der Waals surface area contributed by atoms with Crippen molar-refractivity contribution >= 4 is 11.3 Å². The van der Waals surface area contributed by atoms with Crippen LogP contribution in [0.25, 0.3) is 0 Å². The highest BCUT2D eigenvalue weighted by Gasteiger charge is 2.27. The predicted molar refractivity (Wildman–Crippen MR) is 57.7 cm³/mol. The highest BCUT2D eigenvalue weighted by molar-refractivity contribution is 7.11. The van der Waals surface area contributed by atoms with Crippen LogP contribution in [0.3, 0.4) is 0 Å². The molecule has 4 nitrogen and oxygen atoms in total. The molecule has 1 heterocycles. The van der Waals surface area contributed by atoms with Gasteiger partial charge in [0.2, 0.25) is 0 Å². The fourth-order valence-corrected chi connectivity index (χ4v) is 2.20. The first-order valence-electron chi connectivity index (χ1n) is 5.10. The van der Waals surface area contributed by atoms with Crippen LogP contribution >= 0.6 is 11.3 Å². The fourth-order valence-electron chi connectivity index (χ4n) is 1.22. The zero-order valence-electron chi connectivity index (χ0n) is 9.54. The van der Waals surface area contributed by atoms with E-state index in [9.17, 15) is 13.2 Å². The maximum atomic E-state index is 11.8. The Morgan fingerprint density at radius 1 is 1.41 bits per heavy atom. The van der Waals surface area contributed by atoms with Gasteiger partial charge in [0.05, 0.1) is 6.04 Å². The topological polar surface area (TPSA) is 47.0 Å². The molecule has 1 rings (SSSR count). The molecule has 1 atom stereocenters. The van der Waals surface area contributed by atoms with Crippen LogP contribution in [0.4, 0.5) is 13.2 Å². The van der Waals surface area contributed by atoms with Crippen LogP contribution in [-0.2, 0) is 11.3 Å². The van der Waals surface area contributed by atoms with Gasteiger partial charge in [-0.3, -0.25) is 0 Å². The van der Waals surface area contributed by atoms with E-state index in [1.54, 1.807) is 7.05 Å². The predicted octanol–water partition coefficient (Wildman–Crippen LogP) is 2.29. The minimum Gasteiger partial charge on any atom is -0.365 e. The van der Waals surface area contributed by atoms with E-state index in [0.29, 0.717) is 5.01 Å². The number of hydrogen-bond donors (Lipinski definition) is 1. The van der Waals surface area contributed by atoms with Gasteiger partial charge in [-0.05, 0) is 13.5 Å². The Labute approximate surface area is 101 Å². The lowest BCUT2D eigenvalue weighted by molar-refractivity contribution is -0.176. The van der Waals surface area contributed by atoms with E-state index in [-0.39, 0.29) is 12.6 Å². The number of alkyl halides is 3. The second-order valence-electron chi connectivity index (χ2n) is 3.39. The molecule has 0 bridgehead atoms. The lowest BCUT2D eigenvalue weighted by Gasteiger charge is -2.08. The molecular weight excluding hydrogens is 255 g/mol. The summed E-state index contributed by atoms with van der Waals surface area (Å²) in [5.74, 6) is 0. The van der Waals surface area contributed by atoms with Gasteiger partial charge in [0.15, 0.2) is 0 Å². The van der Waals surface area contributed by atoms with Gasteiger partial charge in [0.1, 0.15) is 23.2 Å². The Balaban J connectivity index is 2.46. The van der Waals surface area contributed by atoms with Crippen molar-refractivity contribution in [1.29, 1.82) is 0 Å². The van der Waals surface area contributed by atoms with E-state index in [1.807, 2.05) is 6.92 Å². The molecule has 0 aliphatic rings. The van der Waals surface area contributed by atoms with Crippen molar-refractivity contribution in [3.63, 3.8) is 0 Å². The summed E-state index contributed by atoms with van der Waals surface area (Å²) < 4.78 is 40.0. The summed E-state index contributed by atoms with van der Waals surface area (Å²) in [4.78, 5) is 0. The lowest BCUT2D eigenvalue weighted by Crippen LogP contribution is -2.16. The van der Waals surface area contributed by atoms with E-state index in [0.717, 1.165) is 11.4 Å². The summed E-state index contributed by atoms with van der Waals surface area (Å²) >= 11 is 1.26. The van der Waals surface area contributed by atoms with Crippen LogP contribution in [-0.4, -0.2) is 30.0 Å². The first-order valence-corrected chi connectivity index (χ1v) is 5.92. The molecule has 0 spiro atoms. The van der Waals surface area contributed by atoms with Gasteiger partial charge in [-0.2, -0.15) is 13.2 Å². The second kappa shape index (κ2) is 6.27. The Kier molecular flexibility index (Phi) is 5.29. The van der Waals surface area contributed by atoms with Gasteiger partial charge in [-0.15, -0.1) is 10.2 Å². The van der Waals surface area contributed by atoms with Gasteiger partial charge in [0, 0.05) is 0 Å². The lowest BCUT2D eigenvalue weighted by atomic mass is 10.2. The van der Waals surface area contributed by atoms with Crippen LogP contribution in [0.1, 0.15) is 29.4 Å². The SMILES string of the molecule is CCC(NC)c1nnc(COCC(F)(F)F)s1. The Morgan fingerprint density at radius 2 is 2.12 bits per heavy atom. The van der Waals surface area contributed by atoms with Gasteiger partial charge in [0.25, 0.3) is 0 Å². The first kappa shape index (κ1) is 14.3. The molecule has 0 aliphatic heterocycles. The third kappa shape index (κ3) is 4.97. The zero-order chi connectivity index (χ0) is 12.9. The molecule has 0 aliphatic carbocycles. The summed E-state index contributed by atoms with van der Waals surface area (Å²) in [5, 5.41) is 12.0. The van der Waals surface area contributed by atoms with Crippen LogP contribution in [0.2, 0.25) is 0 Å².